The molecule has 0 aliphatic carbocycles. The zero-order valence-electron chi connectivity index (χ0n) is 10.7. The Morgan fingerprint density at radius 2 is 2.17 bits per heavy atom. The van der Waals surface area contributed by atoms with Crippen molar-refractivity contribution in [2.75, 3.05) is 19.8 Å². The van der Waals surface area contributed by atoms with Gasteiger partial charge in [-0.1, -0.05) is 24.8 Å². The van der Waals surface area contributed by atoms with Crippen LogP contribution in [0.25, 0.3) is 0 Å². The summed E-state index contributed by atoms with van der Waals surface area (Å²) in [6.07, 6.45) is 4.03. The minimum atomic E-state index is 0.264. The van der Waals surface area contributed by atoms with E-state index in [0.29, 0.717) is 12.6 Å². The number of benzene rings is 1. The maximum atomic E-state index is 9.28. The quantitative estimate of drug-likeness (QED) is 0.782. The van der Waals surface area contributed by atoms with E-state index in [9.17, 15) is 5.11 Å². The molecule has 1 aliphatic heterocycles. The third kappa shape index (κ3) is 3.34. The Morgan fingerprint density at radius 1 is 1.39 bits per heavy atom. The van der Waals surface area contributed by atoms with Crippen molar-refractivity contribution >= 4 is 0 Å². The van der Waals surface area contributed by atoms with Gasteiger partial charge in [-0.15, -0.1) is 0 Å². The molecule has 0 spiro atoms. The molecule has 1 unspecified atom stereocenters. The van der Waals surface area contributed by atoms with Crippen LogP contribution >= 0.6 is 0 Å². The van der Waals surface area contributed by atoms with E-state index in [4.69, 9.17) is 4.74 Å². The van der Waals surface area contributed by atoms with Gasteiger partial charge in [0.15, 0.2) is 0 Å². The standard InChI is InChI=1S/C15H21NO2/c1-2-10-18-15-7-5-13(6-8-15)11-16-9-3-4-14(16)12-17/h2,5-8,14,17H,1,3-4,9-12H2. The highest BCUT2D eigenvalue weighted by Crippen LogP contribution is 2.20. The van der Waals surface area contributed by atoms with Gasteiger partial charge >= 0.3 is 0 Å². The van der Waals surface area contributed by atoms with Gasteiger partial charge in [-0.2, -0.15) is 0 Å². The lowest BCUT2D eigenvalue weighted by molar-refractivity contribution is 0.153. The topological polar surface area (TPSA) is 32.7 Å². The average molecular weight is 247 g/mol. The molecule has 1 atom stereocenters. The number of likely N-dealkylation sites (tertiary alicyclic amines) is 1. The molecule has 0 aromatic heterocycles. The van der Waals surface area contributed by atoms with Gasteiger partial charge < -0.3 is 9.84 Å². The van der Waals surface area contributed by atoms with E-state index in [1.54, 1.807) is 6.08 Å². The Labute approximate surface area is 109 Å². The van der Waals surface area contributed by atoms with Gasteiger partial charge in [0, 0.05) is 12.6 Å². The number of hydrogen-bond acceptors (Lipinski definition) is 3. The smallest absolute Gasteiger partial charge is 0.119 e. The van der Waals surface area contributed by atoms with Crippen molar-refractivity contribution in [2.24, 2.45) is 0 Å². The minimum Gasteiger partial charge on any atom is -0.490 e. The van der Waals surface area contributed by atoms with Gasteiger partial charge in [0.05, 0.1) is 6.61 Å². The fourth-order valence-electron chi connectivity index (χ4n) is 2.39. The first kappa shape index (κ1) is 13.1. The van der Waals surface area contributed by atoms with Gasteiger partial charge in [0.25, 0.3) is 0 Å². The van der Waals surface area contributed by atoms with Crippen LogP contribution in [-0.4, -0.2) is 35.8 Å². The fourth-order valence-corrected chi connectivity index (χ4v) is 2.39. The highest BCUT2D eigenvalue weighted by Gasteiger charge is 2.23. The highest BCUT2D eigenvalue weighted by molar-refractivity contribution is 5.27. The Kier molecular flexibility index (Phi) is 4.79. The summed E-state index contributed by atoms with van der Waals surface area (Å²) in [5, 5.41) is 9.28. The van der Waals surface area contributed by atoms with E-state index < -0.39 is 0 Å². The van der Waals surface area contributed by atoms with Gasteiger partial charge in [-0.3, -0.25) is 4.90 Å². The molecule has 3 heteroatoms. The normalized spacial score (nSPS) is 19.9. The molecule has 1 N–H and O–H groups in total. The predicted molar refractivity (Wildman–Crippen MR) is 72.7 cm³/mol. The first-order chi connectivity index (χ1) is 8.83. The molecule has 1 heterocycles. The molecule has 1 aromatic rings. The largest absolute Gasteiger partial charge is 0.490 e. The SMILES string of the molecule is C=CCOc1ccc(CN2CCCC2CO)cc1. The summed E-state index contributed by atoms with van der Waals surface area (Å²) in [7, 11) is 0. The third-order valence-electron chi connectivity index (χ3n) is 3.39. The van der Waals surface area contributed by atoms with Gasteiger partial charge in [-0.05, 0) is 37.1 Å². The van der Waals surface area contributed by atoms with Crippen LogP contribution in [0.1, 0.15) is 18.4 Å². The molecule has 0 amide bonds. The van der Waals surface area contributed by atoms with Crippen molar-refractivity contribution < 1.29 is 9.84 Å². The molecule has 2 rings (SSSR count). The van der Waals surface area contributed by atoms with Crippen LogP contribution in [0.5, 0.6) is 5.75 Å². The lowest BCUT2D eigenvalue weighted by Gasteiger charge is -2.22. The summed E-state index contributed by atoms with van der Waals surface area (Å²) in [6.45, 7) is 6.42. The molecule has 1 aromatic carbocycles. The summed E-state index contributed by atoms with van der Waals surface area (Å²) in [4.78, 5) is 2.35. The molecule has 3 nitrogen and oxygen atoms in total. The Hall–Kier alpha value is -1.32. The summed E-state index contributed by atoms with van der Waals surface area (Å²) in [5.41, 5.74) is 1.27. The van der Waals surface area contributed by atoms with E-state index in [-0.39, 0.29) is 6.61 Å². The Morgan fingerprint density at radius 3 is 2.83 bits per heavy atom. The second-order valence-corrected chi connectivity index (χ2v) is 4.69. The van der Waals surface area contributed by atoms with Crippen LogP contribution in [0.4, 0.5) is 0 Å². The monoisotopic (exact) mass is 247 g/mol. The molecule has 1 aliphatic rings. The summed E-state index contributed by atoms with van der Waals surface area (Å²) < 4.78 is 5.45. The number of nitrogens with zero attached hydrogens (tertiary/aromatic N) is 1. The minimum absolute atomic E-state index is 0.264. The first-order valence-corrected chi connectivity index (χ1v) is 6.51. The number of hydrogen-bond donors (Lipinski definition) is 1. The zero-order valence-corrected chi connectivity index (χ0v) is 10.7. The molecule has 98 valence electrons. The van der Waals surface area contributed by atoms with Crippen LogP contribution in [0.2, 0.25) is 0 Å². The molecular weight excluding hydrogens is 226 g/mol. The van der Waals surface area contributed by atoms with Crippen molar-refractivity contribution in [1.29, 1.82) is 0 Å². The number of rotatable bonds is 6. The second-order valence-electron chi connectivity index (χ2n) is 4.69. The van der Waals surface area contributed by atoms with Crippen LogP contribution in [-0.2, 0) is 6.54 Å². The molecular formula is C15H21NO2. The third-order valence-corrected chi connectivity index (χ3v) is 3.39. The predicted octanol–water partition coefficient (Wildman–Crippen LogP) is 2.21. The maximum absolute atomic E-state index is 9.28. The average Bonchev–Trinajstić information content (AvgIpc) is 2.85. The lowest BCUT2D eigenvalue weighted by atomic mass is 10.2. The van der Waals surface area contributed by atoms with Crippen LogP contribution in [0.3, 0.4) is 0 Å². The van der Waals surface area contributed by atoms with Crippen molar-refractivity contribution in [2.45, 2.75) is 25.4 Å². The van der Waals surface area contributed by atoms with Crippen molar-refractivity contribution in [3.05, 3.63) is 42.5 Å². The molecule has 0 bridgehead atoms. The van der Waals surface area contributed by atoms with Crippen molar-refractivity contribution in [1.82, 2.24) is 4.90 Å². The molecule has 1 fully saturated rings. The van der Waals surface area contributed by atoms with E-state index >= 15 is 0 Å². The summed E-state index contributed by atoms with van der Waals surface area (Å²) >= 11 is 0. The molecule has 1 saturated heterocycles. The van der Waals surface area contributed by atoms with Crippen molar-refractivity contribution in [3.63, 3.8) is 0 Å². The summed E-state index contributed by atoms with van der Waals surface area (Å²) in [6, 6.07) is 8.49. The molecule has 0 radical (unpaired) electrons. The van der Waals surface area contributed by atoms with Crippen LogP contribution in [0, 0.1) is 0 Å². The highest BCUT2D eigenvalue weighted by atomic mass is 16.5. The van der Waals surface area contributed by atoms with Gasteiger partial charge in [0.2, 0.25) is 0 Å². The first-order valence-electron chi connectivity index (χ1n) is 6.51. The van der Waals surface area contributed by atoms with E-state index in [0.717, 1.165) is 25.3 Å². The maximum Gasteiger partial charge on any atom is 0.119 e. The van der Waals surface area contributed by atoms with Crippen molar-refractivity contribution in [3.8, 4) is 5.75 Å². The van der Waals surface area contributed by atoms with Gasteiger partial charge in [-0.25, -0.2) is 0 Å². The second kappa shape index (κ2) is 6.57. The fraction of sp³-hybridized carbons (Fsp3) is 0.467. The van der Waals surface area contributed by atoms with E-state index in [2.05, 4.69) is 23.6 Å². The lowest BCUT2D eigenvalue weighted by Crippen LogP contribution is -2.31. The van der Waals surface area contributed by atoms with Crippen LogP contribution < -0.4 is 4.74 Å². The van der Waals surface area contributed by atoms with Gasteiger partial charge in [0.1, 0.15) is 12.4 Å². The number of aliphatic hydroxyl groups excluding tert-OH is 1. The Bertz CT molecular complexity index is 375. The van der Waals surface area contributed by atoms with Crippen LogP contribution in [0.15, 0.2) is 36.9 Å². The molecule has 18 heavy (non-hydrogen) atoms. The van der Waals surface area contributed by atoms with E-state index in [1.165, 1.54) is 12.0 Å². The number of ether oxygens (including phenoxy) is 1. The Balaban J connectivity index is 1.91. The molecule has 0 saturated carbocycles. The number of aliphatic hydroxyl groups is 1. The summed E-state index contributed by atoms with van der Waals surface area (Å²) in [5.74, 6) is 0.874. The van der Waals surface area contributed by atoms with E-state index in [1.807, 2.05) is 12.1 Å². The zero-order chi connectivity index (χ0) is 12.8.